The average Bonchev–Trinajstić information content (AvgIpc) is 3.46. The number of hydrogen-bond acceptors (Lipinski definition) is 5. The van der Waals surface area contributed by atoms with E-state index in [-0.39, 0.29) is 5.91 Å². The van der Waals surface area contributed by atoms with Gasteiger partial charge in [-0.2, -0.15) is 4.98 Å². The molecule has 0 fully saturated rings. The third-order valence-electron chi connectivity index (χ3n) is 5.37. The van der Waals surface area contributed by atoms with Crippen molar-refractivity contribution < 1.29 is 14.1 Å². The number of H-pyrrole nitrogens is 1. The topological polar surface area (TPSA) is 125 Å². The minimum absolute atomic E-state index is 0.286. The van der Waals surface area contributed by atoms with Gasteiger partial charge in [0.2, 0.25) is 11.8 Å². The second kappa shape index (κ2) is 9.99. The number of amides is 3. The molecule has 0 spiro atoms. The standard InChI is InChI=1S/C24H26N6O3/c1-15(23-29-21(30-33-23)12-16-8-4-3-5-9-16)27-24(32)28-20(22(31)25-2)13-17-14-26-19-11-7-6-10-18(17)19/h3-11,14-15,20,26H,12-13H2,1-2H3,(H,25,31)(H2,27,28,32)/t15?,20-/m0/s1. The Morgan fingerprint density at radius 3 is 2.61 bits per heavy atom. The first-order valence-corrected chi connectivity index (χ1v) is 10.7. The summed E-state index contributed by atoms with van der Waals surface area (Å²) in [7, 11) is 1.54. The van der Waals surface area contributed by atoms with Crippen LogP contribution in [0.3, 0.4) is 0 Å². The summed E-state index contributed by atoms with van der Waals surface area (Å²) in [5.41, 5.74) is 2.98. The molecule has 170 valence electrons. The van der Waals surface area contributed by atoms with Gasteiger partial charge >= 0.3 is 6.03 Å². The number of benzene rings is 2. The molecule has 0 radical (unpaired) electrons. The van der Waals surface area contributed by atoms with Crippen LogP contribution < -0.4 is 16.0 Å². The molecule has 4 N–H and O–H groups in total. The van der Waals surface area contributed by atoms with Gasteiger partial charge in [-0.1, -0.05) is 53.7 Å². The first kappa shape index (κ1) is 22.1. The lowest BCUT2D eigenvalue weighted by molar-refractivity contribution is -0.122. The predicted octanol–water partition coefficient (Wildman–Crippen LogP) is 2.86. The first-order valence-electron chi connectivity index (χ1n) is 10.7. The number of carbonyl (C=O) groups excluding carboxylic acids is 2. The van der Waals surface area contributed by atoms with Gasteiger partial charge < -0.3 is 25.5 Å². The Balaban J connectivity index is 1.38. The van der Waals surface area contributed by atoms with Gasteiger partial charge in [0.1, 0.15) is 12.1 Å². The Labute approximate surface area is 191 Å². The van der Waals surface area contributed by atoms with Crippen molar-refractivity contribution in [1.29, 1.82) is 0 Å². The number of nitrogens with one attached hydrogen (secondary N) is 4. The van der Waals surface area contributed by atoms with Crippen molar-refractivity contribution in [3.8, 4) is 0 Å². The minimum Gasteiger partial charge on any atom is -0.361 e. The van der Waals surface area contributed by atoms with Gasteiger partial charge in [0.25, 0.3) is 0 Å². The van der Waals surface area contributed by atoms with E-state index in [0.29, 0.717) is 24.6 Å². The van der Waals surface area contributed by atoms with E-state index in [0.717, 1.165) is 22.0 Å². The van der Waals surface area contributed by atoms with Crippen LogP contribution in [0, 0.1) is 0 Å². The smallest absolute Gasteiger partial charge is 0.316 e. The molecule has 0 saturated carbocycles. The molecule has 3 amide bonds. The maximum absolute atomic E-state index is 12.6. The summed E-state index contributed by atoms with van der Waals surface area (Å²) in [4.78, 5) is 32.7. The zero-order valence-corrected chi connectivity index (χ0v) is 18.5. The van der Waals surface area contributed by atoms with Crippen LogP contribution in [0.25, 0.3) is 10.9 Å². The molecule has 0 saturated heterocycles. The largest absolute Gasteiger partial charge is 0.361 e. The number of para-hydroxylation sites is 1. The van der Waals surface area contributed by atoms with E-state index >= 15 is 0 Å². The summed E-state index contributed by atoms with van der Waals surface area (Å²) >= 11 is 0. The SMILES string of the molecule is CNC(=O)[C@H](Cc1c[nH]c2ccccc12)NC(=O)NC(C)c1nc(Cc2ccccc2)no1. The van der Waals surface area contributed by atoms with Crippen LogP contribution in [-0.2, 0) is 17.6 Å². The van der Waals surface area contributed by atoms with Crippen molar-refractivity contribution >= 4 is 22.8 Å². The Morgan fingerprint density at radius 2 is 1.82 bits per heavy atom. The van der Waals surface area contributed by atoms with Gasteiger partial charge in [-0.05, 0) is 24.1 Å². The van der Waals surface area contributed by atoms with Crippen molar-refractivity contribution in [3.63, 3.8) is 0 Å². The number of hydrogen-bond donors (Lipinski definition) is 4. The molecule has 2 heterocycles. The number of likely N-dealkylation sites (N-methyl/N-ethyl adjacent to an activating group) is 1. The molecule has 0 aliphatic heterocycles. The molecule has 1 unspecified atom stereocenters. The molecule has 4 aromatic rings. The van der Waals surface area contributed by atoms with Crippen LogP contribution in [0.2, 0.25) is 0 Å². The molecule has 0 aliphatic rings. The van der Waals surface area contributed by atoms with Gasteiger partial charge in [-0.15, -0.1) is 0 Å². The van der Waals surface area contributed by atoms with E-state index in [9.17, 15) is 9.59 Å². The van der Waals surface area contributed by atoms with E-state index in [4.69, 9.17) is 4.52 Å². The molecule has 0 bridgehead atoms. The maximum atomic E-state index is 12.6. The number of aromatic amines is 1. The molecule has 33 heavy (non-hydrogen) atoms. The lowest BCUT2D eigenvalue weighted by Crippen LogP contribution is -2.50. The number of aromatic nitrogens is 3. The molecular formula is C24H26N6O3. The summed E-state index contributed by atoms with van der Waals surface area (Å²) in [6.45, 7) is 1.74. The molecule has 2 aromatic carbocycles. The number of carbonyl (C=O) groups is 2. The summed E-state index contributed by atoms with van der Waals surface area (Å²) in [6.07, 6.45) is 2.73. The van der Waals surface area contributed by atoms with Gasteiger partial charge in [0.05, 0.1) is 0 Å². The van der Waals surface area contributed by atoms with E-state index in [1.807, 2.05) is 60.8 Å². The second-order valence-corrected chi connectivity index (χ2v) is 7.78. The summed E-state index contributed by atoms with van der Waals surface area (Å²) in [5, 5.41) is 13.1. The molecule has 2 aromatic heterocycles. The normalized spacial score (nSPS) is 12.8. The molecule has 0 aliphatic carbocycles. The van der Waals surface area contributed by atoms with Gasteiger partial charge in [0, 0.05) is 37.0 Å². The van der Waals surface area contributed by atoms with E-state index < -0.39 is 18.1 Å². The quantitative estimate of drug-likeness (QED) is 0.331. The highest BCUT2D eigenvalue weighted by molar-refractivity contribution is 5.89. The molecule has 9 heteroatoms. The van der Waals surface area contributed by atoms with Gasteiger partial charge in [-0.3, -0.25) is 4.79 Å². The predicted molar refractivity (Wildman–Crippen MR) is 123 cm³/mol. The third kappa shape index (κ3) is 5.38. The second-order valence-electron chi connectivity index (χ2n) is 7.78. The first-order chi connectivity index (χ1) is 16.0. The summed E-state index contributed by atoms with van der Waals surface area (Å²) in [6, 6.07) is 15.8. The Hall–Kier alpha value is -4.14. The van der Waals surface area contributed by atoms with Crippen LogP contribution >= 0.6 is 0 Å². The van der Waals surface area contributed by atoms with Crippen molar-refractivity contribution in [1.82, 2.24) is 31.1 Å². The van der Waals surface area contributed by atoms with Crippen molar-refractivity contribution in [3.05, 3.63) is 83.6 Å². The van der Waals surface area contributed by atoms with Crippen molar-refractivity contribution in [2.24, 2.45) is 0 Å². The average molecular weight is 447 g/mol. The fourth-order valence-corrected chi connectivity index (χ4v) is 3.66. The zero-order valence-electron chi connectivity index (χ0n) is 18.5. The molecule has 9 nitrogen and oxygen atoms in total. The zero-order chi connectivity index (χ0) is 23.2. The van der Waals surface area contributed by atoms with Crippen LogP contribution in [0.1, 0.15) is 35.8 Å². The number of nitrogens with zero attached hydrogens (tertiary/aromatic N) is 2. The van der Waals surface area contributed by atoms with Crippen molar-refractivity contribution in [2.75, 3.05) is 7.05 Å². The van der Waals surface area contributed by atoms with Crippen LogP contribution in [0.5, 0.6) is 0 Å². The van der Waals surface area contributed by atoms with Gasteiger partial charge in [0.15, 0.2) is 5.82 Å². The minimum atomic E-state index is -0.752. The third-order valence-corrected chi connectivity index (χ3v) is 5.37. The van der Waals surface area contributed by atoms with E-state index in [1.165, 1.54) is 0 Å². The number of fused-ring (bicyclic) bond motifs is 1. The highest BCUT2D eigenvalue weighted by Gasteiger charge is 2.24. The summed E-state index contributed by atoms with van der Waals surface area (Å²) < 4.78 is 5.32. The highest BCUT2D eigenvalue weighted by Crippen LogP contribution is 2.19. The Bertz CT molecular complexity index is 1230. The monoisotopic (exact) mass is 446 g/mol. The fraction of sp³-hybridized carbons (Fsp3) is 0.250. The lowest BCUT2D eigenvalue weighted by Gasteiger charge is -2.19. The molecular weight excluding hydrogens is 420 g/mol. The lowest BCUT2D eigenvalue weighted by atomic mass is 10.0. The van der Waals surface area contributed by atoms with E-state index in [2.05, 4.69) is 31.1 Å². The van der Waals surface area contributed by atoms with Crippen LogP contribution in [-0.4, -0.2) is 40.2 Å². The highest BCUT2D eigenvalue weighted by atomic mass is 16.5. The van der Waals surface area contributed by atoms with Crippen LogP contribution in [0.4, 0.5) is 4.79 Å². The van der Waals surface area contributed by atoms with Crippen LogP contribution in [0.15, 0.2) is 65.3 Å². The Kier molecular flexibility index (Phi) is 6.68. The van der Waals surface area contributed by atoms with Gasteiger partial charge in [-0.25, -0.2) is 4.79 Å². The number of urea groups is 1. The molecule has 2 atom stereocenters. The van der Waals surface area contributed by atoms with E-state index in [1.54, 1.807) is 14.0 Å². The maximum Gasteiger partial charge on any atom is 0.316 e. The fourth-order valence-electron chi connectivity index (χ4n) is 3.66. The van der Waals surface area contributed by atoms with Crippen molar-refractivity contribution in [2.45, 2.75) is 31.8 Å². The Morgan fingerprint density at radius 1 is 1.06 bits per heavy atom. The number of rotatable bonds is 8. The summed E-state index contributed by atoms with van der Waals surface area (Å²) in [5.74, 6) is 0.544. The molecule has 4 rings (SSSR count).